The number of halogens is 1. The van der Waals surface area contributed by atoms with Crippen LogP contribution in [-0.4, -0.2) is 12.7 Å². The second kappa shape index (κ2) is 4.89. The van der Waals surface area contributed by atoms with Crippen molar-refractivity contribution in [3.63, 3.8) is 0 Å². The third kappa shape index (κ3) is 2.33. The molecule has 0 saturated carbocycles. The smallest absolute Gasteiger partial charge is 0.0741 e. The van der Waals surface area contributed by atoms with E-state index in [4.69, 9.17) is 4.74 Å². The lowest BCUT2D eigenvalue weighted by molar-refractivity contribution is 0.110. The lowest BCUT2D eigenvalue weighted by atomic mass is 9.94. The Labute approximate surface area is 106 Å². The van der Waals surface area contributed by atoms with E-state index in [1.54, 1.807) is 0 Å². The van der Waals surface area contributed by atoms with E-state index in [1.807, 2.05) is 0 Å². The second-order valence-electron chi connectivity index (χ2n) is 4.77. The molecule has 1 heterocycles. The number of ether oxygens (including phenoxy) is 1. The normalized spacial score (nSPS) is 22.4. The molecule has 0 amide bonds. The van der Waals surface area contributed by atoms with Gasteiger partial charge >= 0.3 is 0 Å². The van der Waals surface area contributed by atoms with Crippen molar-refractivity contribution >= 4 is 15.9 Å². The summed E-state index contributed by atoms with van der Waals surface area (Å²) in [5, 5.41) is 0. The number of alkyl halides is 1. The quantitative estimate of drug-likeness (QED) is 0.738. The Hall–Kier alpha value is -0.340. The topological polar surface area (TPSA) is 9.23 Å². The Morgan fingerprint density at radius 1 is 1.25 bits per heavy atom. The zero-order valence-electron chi connectivity index (χ0n) is 10.2. The molecule has 0 aliphatic carbocycles. The zero-order valence-corrected chi connectivity index (χ0v) is 11.8. The molecule has 1 fully saturated rings. The molecule has 2 unspecified atom stereocenters. The van der Waals surface area contributed by atoms with Crippen molar-refractivity contribution in [2.75, 3.05) is 6.61 Å². The van der Waals surface area contributed by atoms with Gasteiger partial charge in [-0.2, -0.15) is 0 Å². The molecule has 2 atom stereocenters. The van der Waals surface area contributed by atoms with Crippen LogP contribution in [0.2, 0.25) is 0 Å². The van der Waals surface area contributed by atoms with Gasteiger partial charge in [0.25, 0.3) is 0 Å². The summed E-state index contributed by atoms with van der Waals surface area (Å²) in [7, 11) is 0. The zero-order chi connectivity index (χ0) is 11.7. The van der Waals surface area contributed by atoms with Gasteiger partial charge in [-0.3, -0.25) is 0 Å². The number of hydrogen-bond acceptors (Lipinski definition) is 1. The van der Waals surface area contributed by atoms with E-state index < -0.39 is 0 Å². The van der Waals surface area contributed by atoms with Crippen molar-refractivity contribution in [1.82, 2.24) is 0 Å². The first-order valence-corrected chi connectivity index (χ1v) is 6.84. The van der Waals surface area contributed by atoms with Gasteiger partial charge < -0.3 is 4.74 Å². The summed E-state index contributed by atoms with van der Waals surface area (Å²) in [4.78, 5) is 0.343. The van der Waals surface area contributed by atoms with E-state index in [0.29, 0.717) is 10.9 Å². The van der Waals surface area contributed by atoms with Crippen molar-refractivity contribution in [1.29, 1.82) is 0 Å². The highest BCUT2D eigenvalue weighted by Crippen LogP contribution is 2.37. The molecule has 0 aromatic heterocycles. The van der Waals surface area contributed by atoms with Crippen LogP contribution in [0.3, 0.4) is 0 Å². The number of hydrogen-bond donors (Lipinski definition) is 0. The van der Waals surface area contributed by atoms with Gasteiger partial charge in [-0.05, 0) is 50.3 Å². The molecular formula is C14H19BrO. The standard InChI is InChI=1S/C14H19BrO/c1-9-7-10(2)13(11(3)8-9)14(15)12-5-4-6-16-12/h7-8,12,14H,4-6H2,1-3H3. The average molecular weight is 283 g/mol. The van der Waals surface area contributed by atoms with Gasteiger partial charge in [0.2, 0.25) is 0 Å². The molecule has 16 heavy (non-hydrogen) atoms. The molecule has 2 heteroatoms. The predicted octanol–water partition coefficient (Wildman–Crippen LogP) is 4.23. The molecule has 0 N–H and O–H groups in total. The summed E-state index contributed by atoms with van der Waals surface area (Å²) < 4.78 is 5.76. The van der Waals surface area contributed by atoms with Crippen LogP contribution >= 0.6 is 15.9 Å². The molecule has 1 nitrogen and oxygen atoms in total. The largest absolute Gasteiger partial charge is 0.377 e. The summed E-state index contributed by atoms with van der Waals surface area (Å²) in [5.41, 5.74) is 5.49. The van der Waals surface area contributed by atoms with Gasteiger partial charge in [0.05, 0.1) is 10.9 Å². The van der Waals surface area contributed by atoms with Crippen LogP contribution in [0.4, 0.5) is 0 Å². The van der Waals surface area contributed by atoms with Gasteiger partial charge in [-0.1, -0.05) is 33.6 Å². The maximum absolute atomic E-state index is 5.76. The molecule has 1 aliphatic rings. The summed E-state index contributed by atoms with van der Waals surface area (Å²) in [6.45, 7) is 7.45. The van der Waals surface area contributed by atoms with E-state index in [-0.39, 0.29) is 0 Å². The average Bonchev–Trinajstić information content (AvgIpc) is 2.67. The van der Waals surface area contributed by atoms with Crippen molar-refractivity contribution in [3.05, 3.63) is 34.4 Å². The van der Waals surface area contributed by atoms with Gasteiger partial charge in [0, 0.05) is 6.61 Å². The van der Waals surface area contributed by atoms with Crippen LogP contribution < -0.4 is 0 Å². The number of benzene rings is 1. The summed E-state index contributed by atoms with van der Waals surface area (Å²) in [6, 6.07) is 4.51. The lowest BCUT2D eigenvalue weighted by Gasteiger charge is -2.21. The van der Waals surface area contributed by atoms with Crippen LogP contribution in [0.25, 0.3) is 0 Å². The van der Waals surface area contributed by atoms with Crippen LogP contribution in [0.15, 0.2) is 12.1 Å². The highest BCUT2D eigenvalue weighted by Gasteiger charge is 2.27. The maximum atomic E-state index is 5.76. The molecule has 1 aliphatic heterocycles. The van der Waals surface area contributed by atoms with Gasteiger partial charge in [0.15, 0.2) is 0 Å². The fourth-order valence-corrected chi connectivity index (χ4v) is 3.78. The number of aryl methyl sites for hydroxylation is 3. The van der Waals surface area contributed by atoms with Crippen molar-refractivity contribution in [2.24, 2.45) is 0 Å². The SMILES string of the molecule is Cc1cc(C)c(C(Br)C2CCCO2)c(C)c1. The minimum absolute atomic E-state index is 0.343. The monoisotopic (exact) mass is 282 g/mol. The predicted molar refractivity (Wildman–Crippen MR) is 71.3 cm³/mol. The summed E-state index contributed by atoms with van der Waals surface area (Å²) in [5.74, 6) is 0. The van der Waals surface area contributed by atoms with Gasteiger partial charge in [-0.15, -0.1) is 0 Å². The summed E-state index contributed by atoms with van der Waals surface area (Å²) in [6.07, 6.45) is 2.71. The Bertz CT molecular complexity index is 357. The van der Waals surface area contributed by atoms with Crippen LogP contribution in [-0.2, 0) is 4.74 Å². The Morgan fingerprint density at radius 2 is 1.88 bits per heavy atom. The Balaban J connectivity index is 2.31. The highest BCUT2D eigenvalue weighted by atomic mass is 79.9. The molecule has 88 valence electrons. The first-order valence-electron chi connectivity index (χ1n) is 5.93. The molecule has 0 bridgehead atoms. The van der Waals surface area contributed by atoms with E-state index in [2.05, 4.69) is 48.8 Å². The number of rotatable bonds is 2. The fraction of sp³-hybridized carbons (Fsp3) is 0.571. The molecule has 1 saturated heterocycles. The highest BCUT2D eigenvalue weighted by molar-refractivity contribution is 9.09. The van der Waals surface area contributed by atoms with Crippen LogP contribution in [0.1, 0.15) is 39.9 Å². The van der Waals surface area contributed by atoms with Crippen molar-refractivity contribution in [2.45, 2.75) is 44.5 Å². The minimum atomic E-state index is 0.343. The van der Waals surface area contributed by atoms with E-state index in [1.165, 1.54) is 35.1 Å². The fourth-order valence-electron chi connectivity index (χ4n) is 2.65. The van der Waals surface area contributed by atoms with Crippen LogP contribution in [0, 0.1) is 20.8 Å². The molecule has 2 rings (SSSR count). The van der Waals surface area contributed by atoms with Crippen molar-refractivity contribution < 1.29 is 4.74 Å². The van der Waals surface area contributed by atoms with E-state index in [0.717, 1.165) is 6.61 Å². The first-order chi connectivity index (χ1) is 7.59. The minimum Gasteiger partial charge on any atom is -0.377 e. The van der Waals surface area contributed by atoms with Crippen LogP contribution in [0.5, 0.6) is 0 Å². The Kier molecular flexibility index (Phi) is 3.70. The third-order valence-corrected chi connectivity index (χ3v) is 4.35. The van der Waals surface area contributed by atoms with E-state index in [9.17, 15) is 0 Å². The lowest BCUT2D eigenvalue weighted by Crippen LogP contribution is -2.14. The maximum Gasteiger partial charge on any atom is 0.0741 e. The molecule has 1 aromatic rings. The molecule has 1 aromatic carbocycles. The summed E-state index contributed by atoms with van der Waals surface area (Å²) >= 11 is 3.81. The van der Waals surface area contributed by atoms with E-state index >= 15 is 0 Å². The first kappa shape index (κ1) is 12.1. The second-order valence-corrected chi connectivity index (χ2v) is 5.75. The van der Waals surface area contributed by atoms with Crippen molar-refractivity contribution in [3.8, 4) is 0 Å². The molecule has 0 radical (unpaired) electrons. The Morgan fingerprint density at radius 3 is 2.38 bits per heavy atom. The van der Waals surface area contributed by atoms with Gasteiger partial charge in [-0.25, -0.2) is 0 Å². The van der Waals surface area contributed by atoms with Gasteiger partial charge in [0.1, 0.15) is 0 Å². The molecule has 0 spiro atoms. The third-order valence-electron chi connectivity index (χ3n) is 3.31. The molecular weight excluding hydrogens is 264 g/mol.